The van der Waals surface area contributed by atoms with Gasteiger partial charge < -0.3 is 20.3 Å². The van der Waals surface area contributed by atoms with Crippen LogP contribution in [-0.4, -0.2) is 44.2 Å². The number of carbonyl (C=O) groups is 1. The molecule has 3 rings (SSSR count). The molecule has 2 aromatic rings. The quantitative estimate of drug-likeness (QED) is 0.733. The van der Waals surface area contributed by atoms with Gasteiger partial charge in [-0.1, -0.05) is 6.92 Å². The number of rotatable bonds is 7. The summed E-state index contributed by atoms with van der Waals surface area (Å²) in [7, 11) is 1.61. The Balaban J connectivity index is 1.60. The molecule has 2 N–H and O–H groups in total. The SMILES string of the molecule is COCCNC(=O)c1cncc(Nc2ccc(N3CCC(C)CC3)cc2)c1. The summed E-state index contributed by atoms with van der Waals surface area (Å²) in [5.41, 5.74) is 3.55. The minimum atomic E-state index is -0.155. The first kappa shape index (κ1) is 19.2. The summed E-state index contributed by atoms with van der Waals surface area (Å²) in [6.45, 7) is 5.53. The van der Waals surface area contributed by atoms with E-state index in [1.807, 2.05) is 0 Å². The van der Waals surface area contributed by atoms with Crippen molar-refractivity contribution in [1.29, 1.82) is 0 Å². The third-order valence-corrected chi connectivity index (χ3v) is 4.90. The number of benzene rings is 1. The standard InChI is InChI=1S/C21H28N4O2/c1-16-7-10-25(11-8-16)20-5-3-18(4-6-20)24-19-13-17(14-22-15-19)21(26)23-9-12-27-2/h3-6,13-16,24H,7-12H2,1-2H3,(H,23,26). The van der Waals surface area contributed by atoms with Gasteiger partial charge in [0.25, 0.3) is 5.91 Å². The zero-order chi connectivity index (χ0) is 19.1. The van der Waals surface area contributed by atoms with E-state index in [9.17, 15) is 4.79 Å². The van der Waals surface area contributed by atoms with Gasteiger partial charge in [-0.25, -0.2) is 0 Å². The summed E-state index contributed by atoms with van der Waals surface area (Å²) in [5, 5.41) is 6.12. The van der Waals surface area contributed by atoms with Crippen molar-refractivity contribution in [3.8, 4) is 0 Å². The van der Waals surface area contributed by atoms with Crippen molar-refractivity contribution in [3.05, 3.63) is 48.3 Å². The van der Waals surface area contributed by atoms with Gasteiger partial charge in [-0.05, 0) is 49.1 Å². The van der Waals surface area contributed by atoms with Crippen LogP contribution < -0.4 is 15.5 Å². The van der Waals surface area contributed by atoms with Gasteiger partial charge in [0.1, 0.15) is 0 Å². The molecule has 6 nitrogen and oxygen atoms in total. The highest BCUT2D eigenvalue weighted by molar-refractivity contribution is 5.94. The highest BCUT2D eigenvalue weighted by Gasteiger charge is 2.15. The molecule has 0 aliphatic carbocycles. The Bertz CT molecular complexity index is 740. The predicted molar refractivity (Wildman–Crippen MR) is 109 cm³/mol. The third-order valence-electron chi connectivity index (χ3n) is 4.90. The van der Waals surface area contributed by atoms with Gasteiger partial charge in [0.2, 0.25) is 0 Å². The number of pyridine rings is 1. The van der Waals surface area contributed by atoms with Crippen LogP contribution in [0.15, 0.2) is 42.7 Å². The second-order valence-electron chi connectivity index (χ2n) is 7.05. The van der Waals surface area contributed by atoms with E-state index in [0.717, 1.165) is 30.4 Å². The molecule has 0 saturated carbocycles. The minimum Gasteiger partial charge on any atom is -0.383 e. The number of methoxy groups -OCH3 is 1. The number of nitrogens with one attached hydrogen (secondary N) is 2. The minimum absolute atomic E-state index is 0.155. The summed E-state index contributed by atoms with van der Waals surface area (Å²) in [6, 6.07) is 10.2. The smallest absolute Gasteiger partial charge is 0.253 e. The van der Waals surface area contributed by atoms with E-state index in [-0.39, 0.29) is 5.91 Å². The molecule has 6 heteroatoms. The lowest BCUT2D eigenvalue weighted by Crippen LogP contribution is -2.32. The van der Waals surface area contributed by atoms with Crippen molar-refractivity contribution >= 4 is 23.0 Å². The van der Waals surface area contributed by atoms with Crippen LogP contribution in [0.25, 0.3) is 0 Å². The lowest BCUT2D eigenvalue weighted by Gasteiger charge is -2.32. The molecule has 0 spiro atoms. The van der Waals surface area contributed by atoms with Crippen LogP contribution in [0, 0.1) is 5.92 Å². The number of hydrogen-bond donors (Lipinski definition) is 2. The van der Waals surface area contributed by atoms with Crippen molar-refractivity contribution in [2.24, 2.45) is 5.92 Å². The largest absolute Gasteiger partial charge is 0.383 e. The molecule has 0 atom stereocenters. The number of carbonyl (C=O) groups excluding carboxylic acids is 1. The Morgan fingerprint density at radius 3 is 2.63 bits per heavy atom. The van der Waals surface area contributed by atoms with Crippen LogP contribution in [0.5, 0.6) is 0 Å². The number of piperidine rings is 1. The Hall–Kier alpha value is -2.60. The zero-order valence-corrected chi connectivity index (χ0v) is 16.1. The molecule has 1 aromatic carbocycles. The van der Waals surface area contributed by atoms with E-state index in [1.165, 1.54) is 18.5 Å². The molecule has 1 fully saturated rings. The van der Waals surface area contributed by atoms with Crippen molar-refractivity contribution < 1.29 is 9.53 Å². The van der Waals surface area contributed by atoms with Gasteiger partial charge in [0.05, 0.1) is 24.1 Å². The number of anilines is 3. The van der Waals surface area contributed by atoms with Crippen LogP contribution >= 0.6 is 0 Å². The first-order chi connectivity index (χ1) is 13.2. The van der Waals surface area contributed by atoms with E-state index in [2.05, 4.69) is 51.7 Å². The summed E-state index contributed by atoms with van der Waals surface area (Å²) in [6.07, 6.45) is 5.79. The molecule has 27 heavy (non-hydrogen) atoms. The molecule has 1 saturated heterocycles. The highest BCUT2D eigenvalue weighted by atomic mass is 16.5. The fraction of sp³-hybridized carbons (Fsp3) is 0.429. The molecule has 144 valence electrons. The topological polar surface area (TPSA) is 66.5 Å². The molecular weight excluding hydrogens is 340 g/mol. The zero-order valence-electron chi connectivity index (χ0n) is 16.1. The normalized spacial score (nSPS) is 14.8. The fourth-order valence-corrected chi connectivity index (χ4v) is 3.19. The maximum atomic E-state index is 12.1. The summed E-state index contributed by atoms with van der Waals surface area (Å²) < 4.78 is 4.94. The van der Waals surface area contributed by atoms with Crippen molar-refractivity contribution in [1.82, 2.24) is 10.3 Å². The molecule has 1 aliphatic rings. The lowest BCUT2D eigenvalue weighted by atomic mass is 9.99. The molecule has 1 aromatic heterocycles. The van der Waals surface area contributed by atoms with Gasteiger partial charge in [0.15, 0.2) is 0 Å². The second-order valence-corrected chi connectivity index (χ2v) is 7.05. The van der Waals surface area contributed by atoms with Crippen LogP contribution in [0.4, 0.5) is 17.1 Å². The van der Waals surface area contributed by atoms with Crippen LogP contribution in [0.3, 0.4) is 0 Å². The summed E-state index contributed by atoms with van der Waals surface area (Å²) >= 11 is 0. The van der Waals surface area contributed by atoms with Crippen LogP contribution in [0.1, 0.15) is 30.1 Å². The number of amides is 1. The Labute approximate surface area is 160 Å². The molecule has 0 unspecified atom stereocenters. The molecule has 1 aliphatic heterocycles. The van der Waals surface area contributed by atoms with Crippen molar-refractivity contribution in [2.45, 2.75) is 19.8 Å². The monoisotopic (exact) mass is 368 g/mol. The van der Waals surface area contributed by atoms with E-state index in [1.54, 1.807) is 25.6 Å². The predicted octanol–water partition coefficient (Wildman–Crippen LogP) is 3.44. The van der Waals surface area contributed by atoms with E-state index in [4.69, 9.17) is 4.74 Å². The molecule has 2 heterocycles. The van der Waals surface area contributed by atoms with Crippen molar-refractivity contribution in [3.63, 3.8) is 0 Å². The van der Waals surface area contributed by atoms with E-state index >= 15 is 0 Å². The molecular formula is C21H28N4O2. The Morgan fingerprint density at radius 2 is 1.93 bits per heavy atom. The Morgan fingerprint density at radius 1 is 1.19 bits per heavy atom. The number of ether oxygens (including phenoxy) is 1. The fourth-order valence-electron chi connectivity index (χ4n) is 3.19. The number of nitrogens with zero attached hydrogens (tertiary/aromatic N) is 2. The first-order valence-electron chi connectivity index (χ1n) is 9.50. The van der Waals surface area contributed by atoms with Gasteiger partial charge in [-0.15, -0.1) is 0 Å². The van der Waals surface area contributed by atoms with Gasteiger partial charge in [-0.2, -0.15) is 0 Å². The van der Waals surface area contributed by atoms with E-state index < -0.39 is 0 Å². The molecule has 0 bridgehead atoms. The number of hydrogen-bond acceptors (Lipinski definition) is 5. The van der Waals surface area contributed by atoms with Crippen LogP contribution in [0.2, 0.25) is 0 Å². The summed E-state index contributed by atoms with van der Waals surface area (Å²) in [4.78, 5) is 18.7. The maximum absolute atomic E-state index is 12.1. The van der Waals surface area contributed by atoms with Gasteiger partial charge in [0, 0.05) is 44.3 Å². The van der Waals surface area contributed by atoms with Gasteiger partial charge >= 0.3 is 0 Å². The van der Waals surface area contributed by atoms with Crippen molar-refractivity contribution in [2.75, 3.05) is 43.6 Å². The first-order valence-corrected chi connectivity index (χ1v) is 9.50. The lowest BCUT2D eigenvalue weighted by molar-refractivity contribution is 0.0937. The highest BCUT2D eigenvalue weighted by Crippen LogP contribution is 2.25. The van der Waals surface area contributed by atoms with Crippen LogP contribution in [-0.2, 0) is 4.74 Å². The average molecular weight is 368 g/mol. The third kappa shape index (κ3) is 5.44. The maximum Gasteiger partial charge on any atom is 0.253 e. The molecule has 1 amide bonds. The van der Waals surface area contributed by atoms with E-state index in [0.29, 0.717) is 18.7 Å². The Kier molecular flexibility index (Phi) is 6.65. The number of aromatic nitrogens is 1. The summed E-state index contributed by atoms with van der Waals surface area (Å²) in [5.74, 6) is 0.673. The average Bonchev–Trinajstić information content (AvgIpc) is 2.70. The van der Waals surface area contributed by atoms with Gasteiger partial charge in [-0.3, -0.25) is 9.78 Å². The molecule has 0 radical (unpaired) electrons. The second kappa shape index (κ2) is 9.37.